The molecule has 0 radical (unpaired) electrons. The number of halogens is 1. The van der Waals surface area contributed by atoms with Crippen molar-refractivity contribution in [2.24, 2.45) is 27.4 Å². The molecule has 0 spiro atoms. The average Bonchev–Trinajstić information content (AvgIpc) is 2.24. The molecule has 0 aliphatic heterocycles. The highest BCUT2D eigenvalue weighted by Crippen LogP contribution is 2.08. The molecule has 1 aromatic rings. The van der Waals surface area contributed by atoms with E-state index in [9.17, 15) is 9.18 Å². The van der Waals surface area contributed by atoms with Crippen LogP contribution in [0.25, 0.3) is 0 Å². The number of amidine groups is 1. The van der Waals surface area contributed by atoms with Crippen molar-refractivity contribution < 1.29 is 9.18 Å². The van der Waals surface area contributed by atoms with Gasteiger partial charge in [0.25, 0.3) is 0 Å². The first-order chi connectivity index (χ1) is 7.54. The first-order valence-corrected chi connectivity index (χ1v) is 4.22. The van der Waals surface area contributed by atoms with Crippen molar-refractivity contribution in [3.05, 3.63) is 35.1 Å². The summed E-state index contributed by atoms with van der Waals surface area (Å²) >= 11 is 0. The van der Waals surface area contributed by atoms with Crippen molar-refractivity contribution in [2.45, 2.75) is 0 Å². The maximum atomic E-state index is 13.1. The smallest absolute Gasteiger partial charge is 0.248 e. The Labute approximate surface area is 90.6 Å². The third-order valence-corrected chi connectivity index (χ3v) is 1.71. The highest BCUT2D eigenvalue weighted by atomic mass is 19.1. The molecule has 1 aromatic carbocycles. The minimum absolute atomic E-state index is 0.00452. The standard InChI is InChI=1S/C9H10FN5O/c10-7-2-5(8(12)15-14-4-11)1-6(3-7)9(13)16/h1-4H,(H2,11,14)(H2,12,15)(H2,13,16). The molecule has 0 aromatic heterocycles. The summed E-state index contributed by atoms with van der Waals surface area (Å²) in [7, 11) is 0. The Morgan fingerprint density at radius 3 is 2.44 bits per heavy atom. The Morgan fingerprint density at radius 1 is 1.25 bits per heavy atom. The molecule has 6 nitrogen and oxygen atoms in total. The van der Waals surface area contributed by atoms with Crippen molar-refractivity contribution in [3.63, 3.8) is 0 Å². The normalized spacial score (nSPS) is 11.9. The van der Waals surface area contributed by atoms with Crippen LogP contribution < -0.4 is 17.2 Å². The van der Waals surface area contributed by atoms with E-state index in [0.717, 1.165) is 18.5 Å². The van der Waals surface area contributed by atoms with Crippen molar-refractivity contribution in [2.75, 3.05) is 0 Å². The van der Waals surface area contributed by atoms with Gasteiger partial charge in [0.2, 0.25) is 5.91 Å². The third-order valence-electron chi connectivity index (χ3n) is 1.71. The van der Waals surface area contributed by atoms with Gasteiger partial charge in [-0.05, 0) is 18.2 Å². The van der Waals surface area contributed by atoms with Gasteiger partial charge in [-0.2, -0.15) is 0 Å². The van der Waals surface area contributed by atoms with Gasteiger partial charge in [0.1, 0.15) is 12.2 Å². The number of benzene rings is 1. The fraction of sp³-hybridized carbons (Fsp3) is 0. The van der Waals surface area contributed by atoms with Gasteiger partial charge in [-0.1, -0.05) is 0 Å². The SMILES string of the molecule is N/C=N\N=C(/N)c1cc(F)cc(C(N)=O)c1. The van der Waals surface area contributed by atoms with Gasteiger partial charge in [0, 0.05) is 11.1 Å². The summed E-state index contributed by atoms with van der Waals surface area (Å²) < 4.78 is 13.1. The van der Waals surface area contributed by atoms with Gasteiger partial charge in [-0.15, -0.1) is 10.2 Å². The average molecular weight is 223 g/mol. The zero-order valence-corrected chi connectivity index (χ0v) is 8.22. The maximum absolute atomic E-state index is 13.1. The van der Waals surface area contributed by atoms with E-state index in [2.05, 4.69) is 10.2 Å². The van der Waals surface area contributed by atoms with Crippen molar-refractivity contribution in [1.29, 1.82) is 0 Å². The second-order valence-corrected chi connectivity index (χ2v) is 2.84. The molecular weight excluding hydrogens is 213 g/mol. The van der Waals surface area contributed by atoms with Gasteiger partial charge in [-0.3, -0.25) is 4.79 Å². The number of rotatable bonds is 3. The predicted octanol–water partition coefficient (Wildman–Crippen LogP) is -0.468. The monoisotopic (exact) mass is 223 g/mol. The van der Waals surface area contributed by atoms with E-state index in [1.807, 2.05) is 0 Å². The zero-order valence-electron chi connectivity index (χ0n) is 8.22. The van der Waals surface area contributed by atoms with Crippen LogP contribution in [0.3, 0.4) is 0 Å². The first kappa shape index (κ1) is 11.6. The molecule has 0 fully saturated rings. The molecule has 0 heterocycles. The number of nitrogens with zero attached hydrogens (tertiary/aromatic N) is 2. The fourth-order valence-electron chi connectivity index (χ4n) is 1.03. The van der Waals surface area contributed by atoms with Crippen molar-refractivity contribution in [3.8, 4) is 0 Å². The highest BCUT2D eigenvalue weighted by Gasteiger charge is 2.07. The first-order valence-electron chi connectivity index (χ1n) is 4.22. The van der Waals surface area contributed by atoms with E-state index >= 15 is 0 Å². The lowest BCUT2D eigenvalue weighted by Gasteiger charge is -2.02. The van der Waals surface area contributed by atoms with Crippen LogP contribution in [-0.4, -0.2) is 18.1 Å². The summed E-state index contributed by atoms with van der Waals surface area (Å²) in [4.78, 5) is 10.9. The van der Waals surface area contributed by atoms with Gasteiger partial charge in [0.05, 0.1) is 0 Å². The molecule has 7 heteroatoms. The molecule has 0 atom stereocenters. The fourth-order valence-corrected chi connectivity index (χ4v) is 1.03. The Balaban J connectivity index is 3.19. The predicted molar refractivity (Wildman–Crippen MR) is 58.3 cm³/mol. The second-order valence-electron chi connectivity index (χ2n) is 2.84. The molecule has 0 aliphatic rings. The number of amides is 1. The Morgan fingerprint density at radius 2 is 1.88 bits per heavy atom. The molecule has 0 saturated heterocycles. The minimum Gasteiger partial charge on any atom is -0.388 e. The van der Waals surface area contributed by atoms with E-state index < -0.39 is 11.7 Å². The maximum Gasteiger partial charge on any atom is 0.248 e. The molecule has 0 bridgehead atoms. The number of hydrogen-bond acceptors (Lipinski definition) is 3. The summed E-state index contributed by atoms with van der Waals surface area (Å²) in [5.41, 5.74) is 15.7. The second kappa shape index (κ2) is 4.87. The molecule has 1 amide bonds. The molecule has 16 heavy (non-hydrogen) atoms. The summed E-state index contributed by atoms with van der Waals surface area (Å²) in [6.07, 6.45) is 0.932. The number of nitrogens with two attached hydrogens (primary N) is 3. The molecular formula is C9H10FN5O. The van der Waals surface area contributed by atoms with Crippen LogP contribution in [0.2, 0.25) is 0 Å². The quantitative estimate of drug-likeness (QED) is 0.365. The molecule has 84 valence electrons. The van der Waals surface area contributed by atoms with Crippen LogP contribution in [0.5, 0.6) is 0 Å². The van der Waals surface area contributed by atoms with Crippen LogP contribution in [0, 0.1) is 5.82 Å². The molecule has 1 rings (SSSR count). The van der Waals surface area contributed by atoms with Gasteiger partial charge in [-0.25, -0.2) is 4.39 Å². The number of primary amides is 1. The van der Waals surface area contributed by atoms with Crippen LogP contribution in [0.15, 0.2) is 28.4 Å². The number of carbonyl (C=O) groups excluding carboxylic acids is 1. The van der Waals surface area contributed by atoms with E-state index in [1.54, 1.807) is 0 Å². The summed E-state index contributed by atoms with van der Waals surface area (Å²) in [6, 6.07) is 3.43. The number of carbonyl (C=O) groups is 1. The molecule has 0 saturated carbocycles. The van der Waals surface area contributed by atoms with E-state index in [4.69, 9.17) is 17.2 Å². The zero-order chi connectivity index (χ0) is 12.1. The molecule has 0 aliphatic carbocycles. The van der Waals surface area contributed by atoms with Crippen molar-refractivity contribution >= 4 is 18.1 Å². The van der Waals surface area contributed by atoms with Gasteiger partial charge in [0.15, 0.2) is 5.84 Å². The molecule has 0 unspecified atom stereocenters. The van der Waals surface area contributed by atoms with Gasteiger partial charge < -0.3 is 17.2 Å². The summed E-state index contributed by atoms with van der Waals surface area (Å²) in [5, 5.41) is 6.80. The van der Waals surface area contributed by atoms with Crippen molar-refractivity contribution in [1.82, 2.24) is 0 Å². The Hall–Kier alpha value is -2.44. The van der Waals surface area contributed by atoms with Gasteiger partial charge >= 0.3 is 0 Å². The van der Waals surface area contributed by atoms with E-state index in [1.165, 1.54) is 6.07 Å². The third kappa shape index (κ3) is 2.77. The minimum atomic E-state index is -0.754. The summed E-state index contributed by atoms with van der Waals surface area (Å²) in [6.45, 7) is 0. The Bertz CT molecular complexity index is 469. The lowest BCUT2D eigenvalue weighted by molar-refractivity contribution is 0.1000. The largest absolute Gasteiger partial charge is 0.388 e. The topological polar surface area (TPSA) is 120 Å². The van der Waals surface area contributed by atoms with E-state index in [0.29, 0.717) is 0 Å². The number of hydrogen-bond donors (Lipinski definition) is 3. The molecule has 6 N–H and O–H groups in total. The lowest BCUT2D eigenvalue weighted by atomic mass is 10.1. The van der Waals surface area contributed by atoms with Crippen LogP contribution in [0.1, 0.15) is 15.9 Å². The summed E-state index contributed by atoms with van der Waals surface area (Å²) in [5.74, 6) is -1.46. The van der Waals surface area contributed by atoms with Crippen LogP contribution >= 0.6 is 0 Å². The highest BCUT2D eigenvalue weighted by molar-refractivity contribution is 6.01. The van der Waals surface area contributed by atoms with E-state index in [-0.39, 0.29) is 17.0 Å². The van der Waals surface area contributed by atoms with Crippen LogP contribution in [0.4, 0.5) is 4.39 Å². The van der Waals surface area contributed by atoms with Crippen LogP contribution in [-0.2, 0) is 0 Å². The lowest BCUT2D eigenvalue weighted by Crippen LogP contribution is -2.17. The Kier molecular flexibility index (Phi) is 3.54.